The van der Waals surface area contributed by atoms with Crippen molar-refractivity contribution in [2.75, 3.05) is 0 Å². The Balaban J connectivity index is 0. The van der Waals surface area contributed by atoms with Gasteiger partial charge >= 0.3 is 17.1 Å². The molecule has 4 nitrogen and oxygen atoms in total. The van der Waals surface area contributed by atoms with Crippen LogP contribution in [0.25, 0.3) is 0 Å². The fraction of sp³-hybridized carbons (Fsp3) is 0.611. The average Bonchev–Trinajstić information content (AvgIpc) is 2.80. The van der Waals surface area contributed by atoms with E-state index >= 15 is 0 Å². The first kappa shape index (κ1) is 44.9. The maximum absolute atomic E-state index is 13.5. The van der Waals surface area contributed by atoms with Crippen molar-refractivity contribution in [1.29, 1.82) is 0 Å². The number of nitrogens with one attached hydrogen (secondary N) is 2. The van der Waals surface area contributed by atoms with Crippen LogP contribution in [0.1, 0.15) is 109 Å². The van der Waals surface area contributed by atoms with E-state index in [1.165, 1.54) is 11.1 Å². The van der Waals surface area contributed by atoms with E-state index in [1.54, 1.807) is 0 Å². The van der Waals surface area contributed by atoms with Crippen molar-refractivity contribution in [3.8, 4) is 0 Å². The van der Waals surface area contributed by atoms with Gasteiger partial charge in [-0.1, -0.05) is 108 Å². The van der Waals surface area contributed by atoms with Gasteiger partial charge in [0.25, 0.3) is 0 Å². The smallest absolute Gasteiger partial charge is 1.00 e. The van der Waals surface area contributed by atoms with Crippen LogP contribution in [0.3, 0.4) is 0 Å². The Kier molecular flexibility index (Phi) is 16.9. The molecule has 1 saturated carbocycles. The zero-order chi connectivity index (χ0) is 30.3. The summed E-state index contributed by atoms with van der Waals surface area (Å²) in [5.74, 6) is 0.203. The van der Waals surface area contributed by atoms with E-state index in [2.05, 4.69) is 118 Å². The zero-order valence-corrected chi connectivity index (χ0v) is 32.2. The molecular weight excluding hydrogens is 654 g/mol. The summed E-state index contributed by atoms with van der Waals surface area (Å²) in [4.78, 5) is 27.0. The summed E-state index contributed by atoms with van der Waals surface area (Å²) < 4.78 is 0. The fourth-order valence-electron chi connectivity index (χ4n) is 5.42. The van der Waals surface area contributed by atoms with Crippen molar-refractivity contribution in [3.63, 3.8) is 0 Å². The topological polar surface area (TPSA) is 58.2 Å². The third kappa shape index (κ3) is 11.2. The van der Waals surface area contributed by atoms with Crippen LogP contribution in [-0.4, -0.2) is 23.7 Å². The SMILES string of the molecule is CC(C)(C)C1=CC(=CNC2CCCCC2NC=C2C=C(C(C)(C)C)C=C(C(C)(C)C)C2=O)C(=O)C(C(C)(C)C)=C1.[Cl-].[Cl-].[Cl-].[Mn+3]. The summed E-state index contributed by atoms with van der Waals surface area (Å²) in [5, 5.41) is 7.25. The van der Waals surface area contributed by atoms with Crippen LogP contribution >= 0.6 is 0 Å². The van der Waals surface area contributed by atoms with Crippen LogP contribution in [0, 0.1) is 21.7 Å². The van der Waals surface area contributed by atoms with Gasteiger partial charge in [-0.2, -0.15) is 0 Å². The molecule has 2 unspecified atom stereocenters. The molecule has 0 spiro atoms. The van der Waals surface area contributed by atoms with Gasteiger partial charge in [0.1, 0.15) is 0 Å². The molecule has 3 rings (SSSR count). The first-order valence-electron chi connectivity index (χ1n) is 15.1. The predicted molar refractivity (Wildman–Crippen MR) is 169 cm³/mol. The van der Waals surface area contributed by atoms with Crippen molar-refractivity contribution >= 4 is 11.6 Å². The Morgan fingerprint density at radius 1 is 0.545 bits per heavy atom. The van der Waals surface area contributed by atoms with E-state index in [-0.39, 0.29) is 99.6 Å². The van der Waals surface area contributed by atoms with E-state index in [4.69, 9.17) is 0 Å². The molecule has 1 fully saturated rings. The third-order valence-electron chi connectivity index (χ3n) is 8.26. The van der Waals surface area contributed by atoms with Gasteiger partial charge in [0.15, 0.2) is 11.6 Å². The van der Waals surface area contributed by atoms with Crippen molar-refractivity contribution in [2.24, 2.45) is 21.7 Å². The zero-order valence-electron chi connectivity index (χ0n) is 28.8. The average molecular weight is 708 g/mol. The van der Waals surface area contributed by atoms with Crippen LogP contribution in [0.2, 0.25) is 0 Å². The number of halogens is 3. The standard InChI is InChI=1S/C36H54N2O2.3ClH.Mn/c1-33(2,3)25-17-23(31(39)27(19-25)35(7,8)9)21-37-29-15-13-14-16-30(29)38-22-24-18-26(34(4,5)6)20-28(32(24)40)36(10,11)12;;;;/h17-22,29-30,37-38H,13-16H2,1-12H3;3*1H;/q;;;;+3/p-3. The quantitative estimate of drug-likeness (QED) is 0.301. The molecule has 0 aliphatic heterocycles. The third-order valence-corrected chi connectivity index (χ3v) is 8.26. The molecule has 3 aliphatic rings. The summed E-state index contributed by atoms with van der Waals surface area (Å²) in [6.07, 6.45) is 16.5. The maximum Gasteiger partial charge on any atom is 3.00 e. The minimum atomic E-state index is -0.228. The van der Waals surface area contributed by atoms with Crippen LogP contribution < -0.4 is 47.9 Å². The molecule has 0 radical (unpaired) electrons. The van der Waals surface area contributed by atoms with Gasteiger partial charge in [-0.05, 0) is 57.8 Å². The number of ketones is 2. The molecule has 248 valence electrons. The second-order valence-corrected chi connectivity index (χ2v) is 16.0. The minimum Gasteiger partial charge on any atom is -1.00 e. The number of hydrogen-bond donors (Lipinski definition) is 2. The second-order valence-electron chi connectivity index (χ2n) is 16.0. The van der Waals surface area contributed by atoms with Gasteiger partial charge in [0.2, 0.25) is 0 Å². The molecule has 0 amide bonds. The van der Waals surface area contributed by atoms with E-state index in [9.17, 15) is 9.59 Å². The van der Waals surface area contributed by atoms with Crippen LogP contribution in [0.5, 0.6) is 0 Å². The molecule has 0 aromatic carbocycles. The Bertz CT molecular complexity index is 1130. The normalized spacial score (nSPS) is 23.1. The Hall–Kier alpha value is -1.23. The first-order chi connectivity index (χ1) is 18.2. The largest absolute Gasteiger partial charge is 3.00 e. The van der Waals surface area contributed by atoms with Crippen molar-refractivity contribution in [3.05, 3.63) is 70.1 Å². The van der Waals surface area contributed by atoms with Gasteiger partial charge in [0, 0.05) is 46.8 Å². The van der Waals surface area contributed by atoms with E-state index in [1.807, 2.05) is 12.4 Å². The second kappa shape index (κ2) is 16.5. The van der Waals surface area contributed by atoms with Gasteiger partial charge in [-0.15, -0.1) is 0 Å². The number of Topliss-reactive ketones (excluding diaryl/α,β-unsaturated/α-hetero) is 2. The van der Waals surface area contributed by atoms with Gasteiger partial charge in [-0.3, -0.25) is 9.59 Å². The van der Waals surface area contributed by atoms with Gasteiger partial charge in [-0.25, -0.2) is 0 Å². The summed E-state index contributed by atoms with van der Waals surface area (Å²) in [7, 11) is 0. The number of carbonyl (C=O) groups is 2. The number of carbonyl (C=O) groups excluding carboxylic acids is 2. The molecule has 0 aromatic rings. The van der Waals surface area contributed by atoms with Crippen LogP contribution in [0.4, 0.5) is 0 Å². The Labute approximate surface area is 297 Å². The first-order valence-corrected chi connectivity index (χ1v) is 15.1. The number of rotatable bonds is 4. The molecule has 0 aromatic heterocycles. The molecule has 2 N–H and O–H groups in total. The molecule has 0 bridgehead atoms. The minimum absolute atomic E-state index is 0. The number of hydrogen-bond acceptors (Lipinski definition) is 4. The molecule has 0 heterocycles. The molecule has 8 heteroatoms. The fourth-order valence-corrected chi connectivity index (χ4v) is 5.42. The number of allylic oxidation sites excluding steroid dienone is 10. The van der Waals surface area contributed by atoms with Crippen molar-refractivity contribution < 1.29 is 63.9 Å². The van der Waals surface area contributed by atoms with Gasteiger partial charge < -0.3 is 47.9 Å². The molecule has 3 aliphatic carbocycles. The van der Waals surface area contributed by atoms with E-state index in [0.717, 1.165) is 48.0 Å². The molecule has 0 saturated heterocycles. The maximum atomic E-state index is 13.5. The van der Waals surface area contributed by atoms with E-state index in [0.29, 0.717) is 0 Å². The van der Waals surface area contributed by atoms with Crippen LogP contribution in [-0.2, 0) is 26.7 Å². The Morgan fingerprint density at radius 2 is 0.841 bits per heavy atom. The van der Waals surface area contributed by atoms with Crippen molar-refractivity contribution in [2.45, 2.75) is 121 Å². The van der Waals surface area contributed by atoms with Crippen LogP contribution in [0.15, 0.2) is 70.1 Å². The monoisotopic (exact) mass is 706 g/mol. The molecule has 44 heavy (non-hydrogen) atoms. The van der Waals surface area contributed by atoms with Gasteiger partial charge in [0.05, 0.1) is 0 Å². The summed E-state index contributed by atoms with van der Waals surface area (Å²) in [6, 6.07) is 0.340. The predicted octanol–water partition coefficient (Wildman–Crippen LogP) is -0.690. The molecular formula is C36H54Cl3MnN2O2. The summed E-state index contributed by atoms with van der Waals surface area (Å²) in [6.45, 7) is 25.8. The molecule has 2 atom stereocenters. The van der Waals surface area contributed by atoms with E-state index < -0.39 is 0 Å². The summed E-state index contributed by atoms with van der Waals surface area (Å²) >= 11 is 0. The summed E-state index contributed by atoms with van der Waals surface area (Å²) in [5.41, 5.74) is 4.95. The van der Waals surface area contributed by atoms with Crippen molar-refractivity contribution in [1.82, 2.24) is 10.6 Å². The Morgan fingerprint density at radius 3 is 1.09 bits per heavy atom.